The predicted molar refractivity (Wildman–Crippen MR) is 134 cm³/mol. The number of carbonyl (C=O) groups is 1. The van der Waals surface area contributed by atoms with Crippen LogP contribution in [0.3, 0.4) is 0 Å². The van der Waals surface area contributed by atoms with Gasteiger partial charge >= 0.3 is 0 Å². The van der Waals surface area contributed by atoms with E-state index in [4.69, 9.17) is 27.2 Å². The van der Waals surface area contributed by atoms with Crippen LogP contribution in [-0.4, -0.2) is 59.9 Å². The van der Waals surface area contributed by atoms with Crippen LogP contribution in [0.25, 0.3) is 17.0 Å². The van der Waals surface area contributed by atoms with Crippen molar-refractivity contribution in [2.75, 3.05) is 39.5 Å². The summed E-state index contributed by atoms with van der Waals surface area (Å²) in [6.45, 7) is 4.29. The van der Waals surface area contributed by atoms with E-state index < -0.39 is 5.91 Å². The van der Waals surface area contributed by atoms with Gasteiger partial charge in [0, 0.05) is 48.7 Å². The number of hydrogen-bond acceptors (Lipinski definition) is 5. The van der Waals surface area contributed by atoms with Gasteiger partial charge in [0.1, 0.15) is 5.56 Å². The Morgan fingerprint density at radius 3 is 2.53 bits per heavy atom. The topological polar surface area (TPSA) is 97.8 Å². The van der Waals surface area contributed by atoms with Gasteiger partial charge in [-0.15, -0.1) is 0 Å². The molecule has 1 saturated heterocycles. The Morgan fingerprint density at radius 1 is 1.12 bits per heavy atom. The zero-order valence-electron chi connectivity index (χ0n) is 18.9. The van der Waals surface area contributed by atoms with Crippen molar-refractivity contribution in [1.82, 2.24) is 9.47 Å². The fraction of sp³-hybridized carbons (Fsp3) is 0.308. The number of primary amides is 1. The van der Waals surface area contributed by atoms with Crippen LogP contribution in [0.4, 0.5) is 0 Å². The lowest BCUT2D eigenvalue weighted by Crippen LogP contribution is -2.39. The van der Waals surface area contributed by atoms with E-state index in [1.807, 2.05) is 28.8 Å². The van der Waals surface area contributed by atoms with Crippen LogP contribution in [0.15, 0.2) is 53.3 Å². The zero-order chi connectivity index (χ0) is 24.1. The maximum Gasteiger partial charge on any atom is 0.254 e. The molecule has 0 atom stereocenters. The van der Waals surface area contributed by atoms with E-state index in [0.717, 1.165) is 36.3 Å². The molecule has 2 heterocycles. The highest BCUT2D eigenvalue weighted by Crippen LogP contribution is 2.22. The number of aromatic nitrogens is 1. The molecule has 178 valence electrons. The molecule has 8 heteroatoms. The van der Waals surface area contributed by atoms with Gasteiger partial charge < -0.3 is 20.1 Å². The van der Waals surface area contributed by atoms with Crippen molar-refractivity contribution in [3.05, 3.63) is 86.2 Å². The van der Waals surface area contributed by atoms with Crippen molar-refractivity contribution in [3.63, 3.8) is 0 Å². The first-order chi connectivity index (χ1) is 16.5. The van der Waals surface area contributed by atoms with E-state index in [1.165, 1.54) is 0 Å². The second kappa shape index (κ2) is 11.0. The lowest BCUT2D eigenvalue weighted by Gasteiger charge is -2.28. The number of nitrogens with zero attached hydrogens (tertiary/aromatic N) is 2. The number of nitrogens with two attached hydrogens (primary N) is 1. The van der Waals surface area contributed by atoms with Gasteiger partial charge in [-0.05, 0) is 35.4 Å². The second-order valence-corrected chi connectivity index (χ2v) is 8.72. The maximum absolute atomic E-state index is 13.5. The number of fused-ring (bicyclic) bond motifs is 1. The molecule has 7 nitrogen and oxygen atoms in total. The van der Waals surface area contributed by atoms with E-state index in [1.54, 1.807) is 30.4 Å². The predicted octanol–water partition coefficient (Wildman–Crippen LogP) is 2.68. The number of benzene rings is 2. The Labute approximate surface area is 203 Å². The monoisotopic (exact) mass is 481 g/mol. The Morgan fingerprint density at radius 2 is 1.85 bits per heavy atom. The fourth-order valence-corrected chi connectivity index (χ4v) is 4.49. The molecule has 1 amide bonds. The highest BCUT2D eigenvalue weighted by Gasteiger charge is 2.22. The van der Waals surface area contributed by atoms with E-state index in [2.05, 4.69) is 4.90 Å². The van der Waals surface area contributed by atoms with E-state index in [9.17, 15) is 9.59 Å². The van der Waals surface area contributed by atoms with Crippen molar-refractivity contribution < 1.29 is 14.6 Å². The van der Waals surface area contributed by atoms with Gasteiger partial charge in [0.15, 0.2) is 0 Å². The number of morpholine rings is 1. The molecule has 1 aliphatic rings. The molecule has 0 spiro atoms. The smallest absolute Gasteiger partial charge is 0.254 e. The van der Waals surface area contributed by atoms with Crippen molar-refractivity contribution in [3.8, 4) is 0 Å². The van der Waals surface area contributed by atoms with Gasteiger partial charge in [0.25, 0.3) is 5.91 Å². The third-order valence-corrected chi connectivity index (χ3v) is 6.34. The highest BCUT2D eigenvalue weighted by molar-refractivity contribution is 6.30. The van der Waals surface area contributed by atoms with Crippen LogP contribution in [-0.2, 0) is 17.7 Å². The SMILES string of the molecule is NC(=O)c1c(Cc2ccc(Cl)cc2)n(CCN2CCOCC2)c2ccc(C=CCO)cc2c1=O. The lowest BCUT2D eigenvalue weighted by atomic mass is 9.99. The Bertz CT molecular complexity index is 1260. The van der Waals surface area contributed by atoms with Crippen molar-refractivity contribution in [1.29, 1.82) is 0 Å². The minimum absolute atomic E-state index is 0.00714. The number of halogens is 1. The molecular weight excluding hydrogens is 454 g/mol. The lowest BCUT2D eigenvalue weighted by molar-refractivity contribution is 0.0364. The molecule has 0 unspecified atom stereocenters. The average Bonchev–Trinajstić information content (AvgIpc) is 2.84. The van der Waals surface area contributed by atoms with Crippen LogP contribution in [0.2, 0.25) is 5.02 Å². The molecule has 2 aromatic carbocycles. The fourth-order valence-electron chi connectivity index (χ4n) is 4.36. The molecule has 1 aromatic heterocycles. The Kier molecular flexibility index (Phi) is 7.80. The summed E-state index contributed by atoms with van der Waals surface area (Å²) < 4.78 is 7.50. The van der Waals surface area contributed by atoms with Gasteiger partial charge in [-0.25, -0.2) is 0 Å². The highest BCUT2D eigenvalue weighted by atomic mass is 35.5. The summed E-state index contributed by atoms with van der Waals surface area (Å²) in [4.78, 5) is 28.4. The van der Waals surface area contributed by atoms with Crippen LogP contribution < -0.4 is 11.2 Å². The molecular formula is C26H28ClN3O4. The molecule has 0 radical (unpaired) electrons. The summed E-state index contributed by atoms with van der Waals surface area (Å²) in [7, 11) is 0. The molecule has 0 bridgehead atoms. The summed E-state index contributed by atoms with van der Waals surface area (Å²) in [5.74, 6) is -0.743. The van der Waals surface area contributed by atoms with Crippen LogP contribution in [0, 0.1) is 0 Å². The third kappa shape index (κ3) is 5.39. The number of carbonyl (C=O) groups excluding carboxylic acids is 1. The summed E-state index contributed by atoms with van der Waals surface area (Å²) >= 11 is 6.05. The van der Waals surface area contributed by atoms with E-state index >= 15 is 0 Å². The van der Waals surface area contributed by atoms with Crippen LogP contribution >= 0.6 is 11.6 Å². The van der Waals surface area contributed by atoms with Crippen molar-refractivity contribution in [2.45, 2.75) is 13.0 Å². The maximum atomic E-state index is 13.5. The van der Waals surface area contributed by atoms with E-state index in [0.29, 0.717) is 42.3 Å². The van der Waals surface area contributed by atoms with Gasteiger partial charge in [-0.3, -0.25) is 14.5 Å². The first-order valence-corrected chi connectivity index (χ1v) is 11.7. The number of rotatable bonds is 8. The first kappa shape index (κ1) is 24.2. The van der Waals surface area contributed by atoms with Crippen molar-refractivity contribution in [2.24, 2.45) is 5.73 Å². The Balaban J connectivity index is 1.87. The molecule has 34 heavy (non-hydrogen) atoms. The molecule has 3 aromatic rings. The third-order valence-electron chi connectivity index (χ3n) is 6.09. The minimum atomic E-state index is -0.743. The number of amides is 1. The first-order valence-electron chi connectivity index (χ1n) is 11.3. The summed E-state index contributed by atoms with van der Waals surface area (Å²) in [6.07, 6.45) is 3.71. The molecule has 0 saturated carbocycles. The normalized spacial score (nSPS) is 14.8. The quantitative estimate of drug-likeness (QED) is 0.515. The molecule has 1 fully saturated rings. The molecule has 4 rings (SSSR count). The Hall–Kier alpha value is -2.97. The van der Waals surface area contributed by atoms with Gasteiger partial charge in [0.05, 0.1) is 25.3 Å². The summed E-state index contributed by atoms with van der Waals surface area (Å²) in [5, 5.41) is 10.2. The number of hydrogen-bond donors (Lipinski definition) is 2. The van der Waals surface area contributed by atoms with Crippen LogP contribution in [0.5, 0.6) is 0 Å². The number of ether oxygens (including phenoxy) is 1. The average molecular weight is 482 g/mol. The van der Waals surface area contributed by atoms with Crippen LogP contribution in [0.1, 0.15) is 27.2 Å². The largest absolute Gasteiger partial charge is 0.392 e. The number of aliphatic hydroxyl groups excluding tert-OH is 1. The molecule has 1 aliphatic heterocycles. The summed E-state index contributed by atoms with van der Waals surface area (Å²) in [5.41, 5.74) is 8.42. The molecule has 3 N–H and O–H groups in total. The minimum Gasteiger partial charge on any atom is -0.392 e. The van der Waals surface area contributed by atoms with E-state index in [-0.39, 0.29) is 17.6 Å². The van der Waals surface area contributed by atoms with Gasteiger partial charge in [-0.1, -0.05) is 42.0 Å². The number of pyridine rings is 1. The number of aliphatic hydroxyl groups is 1. The second-order valence-electron chi connectivity index (χ2n) is 8.29. The molecule has 0 aliphatic carbocycles. The standard InChI is InChI=1S/C26H28ClN3O4/c27-20-6-3-19(4-7-20)17-23-24(26(28)33)25(32)21-16-18(2-1-13-31)5-8-22(21)30(23)10-9-29-11-14-34-15-12-29/h1-8,16,31H,9-15,17H2,(H2,28,33). The zero-order valence-corrected chi connectivity index (χ0v) is 19.6. The van der Waals surface area contributed by atoms with Gasteiger partial charge in [0.2, 0.25) is 5.43 Å². The summed E-state index contributed by atoms with van der Waals surface area (Å²) in [6, 6.07) is 12.9. The van der Waals surface area contributed by atoms with Crippen molar-refractivity contribution >= 4 is 34.5 Å². The van der Waals surface area contributed by atoms with Gasteiger partial charge in [-0.2, -0.15) is 0 Å².